The van der Waals surface area contributed by atoms with E-state index in [2.05, 4.69) is 12.6 Å². The highest BCUT2D eigenvalue weighted by molar-refractivity contribution is 8.05. The molecule has 0 aliphatic carbocycles. The van der Waals surface area contributed by atoms with Crippen LogP contribution in [-0.4, -0.2) is 16.9 Å². The second kappa shape index (κ2) is 7.06. The quantitative estimate of drug-likeness (QED) is 0.411. The lowest BCUT2D eigenvalue weighted by atomic mass is 10.0. The summed E-state index contributed by atoms with van der Waals surface area (Å²) in [6.45, 7) is 0. The van der Waals surface area contributed by atoms with Crippen LogP contribution in [0.5, 0.6) is 0 Å². The Balaban J connectivity index is 2.31. The van der Waals surface area contributed by atoms with Crippen molar-refractivity contribution < 1.29 is 14.7 Å². The van der Waals surface area contributed by atoms with E-state index in [4.69, 9.17) is 46.4 Å². The normalized spacial score (nSPS) is 15.3. The third-order valence-corrected chi connectivity index (χ3v) is 6.50. The number of Topliss-reactive ketones (excluding diaryl/α,β-unsaturated/α-hetero) is 1. The molecule has 0 aromatic heterocycles. The van der Waals surface area contributed by atoms with Crippen molar-refractivity contribution in [3.8, 4) is 0 Å². The van der Waals surface area contributed by atoms with Crippen molar-refractivity contribution in [1.29, 1.82) is 0 Å². The Kier molecular flexibility index (Phi) is 5.36. The van der Waals surface area contributed by atoms with Crippen LogP contribution < -0.4 is 0 Å². The van der Waals surface area contributed by atoms with Gasteiger partial charge in [0, 0.05) is 20.4 Å². The van der Waals surface area contributed by atoms with Gasteiger partial charge in [0.2, 0.25) is 5.78 Å². The van der Waals surface area contributed by atoms with E-state index in [1.165, 1.54) is 18.2 Å². The van der Waals surface area contributed by atoms with Gasteiger partial charge in [0.05, 0.1) is 31.1 Å². The predicted molar refractivity (Wildman–Crippen MR) is 105 cm³/mol. The summed E-state index contributed by atoms with van der Waals surface area (Å²) >= 11 is 29.5. The molecule has 1 aliphatic rings. The standard InChI is InChI=1S/C16H6Cl4O3S2/c17-5-3-6(12(20)9(24)4-5)10(16(22)23)15-13(21)11-7(18)1-2-8(19)14(11)25-15/h1-4,24H,(H,22,23). The van der Waals surface area contributed by atoms with Gasteiger partial charge in [-0.1, -0.05) is 58.2 Å². The number of allylic oxidation sites excluding steroid dienone is 1. The number of fused-ring (bicyclic) bond motifs is 1. The highest BCUT2D eigenvalue weighted by Crippen LogP contribution is 2.50. The zero-order chi connectivity index (χ0) is 18.5. The van der Waals surface area contributed by atoms with Crippen molar-refractivity contribution >= 4 is 88.1 Å². The van der Waals surface area contributed by atoms with Crippen molar-refractivity contribution in [2.45, 2.75) is 9.79 Å². The van der Waals surface area contributed by atoms with Gasteiger partial charge < -0.3 is 5.11 Å². The molecule has 0 bridgehead atoms. The van der Waals surface area contributed by atoms with Crippen molar-refractivity contribution in [3.05, 3.63) is 60.4 Å². The predicted octanol–water partition coefficient (Wildman–Crippen LogP) is 6.37. The Morgan fingerprint density at radius 3 is 2.32 bits per heavy atom. The first kappa shape index (κ1) is 19.0. The maximum atomic E-state index is 12.8. The molecule has 0 fully saturated rings. The molecule has 1 heterocycles. The molecule has 0 amide bonds. The van der Waals surface area contributed by atoms with E-state index in [1.807, 2.05) is 0 Å². The molecule has 3 rings (SSSR count). The molecule has 25 heavy (non-hydrogen) atoms. The molecule has 2 aromatic carbocycles. The molecule has 0 saturated carbocycles. The Morgan fingerprint density at radius 1 is 1.08 bits per heavy atom. The Bertz CT molecular complexity index is 986. The zero-order valence-corrected chi connectivity index (χ0v) is 16.7. The average Bonchev–Trinajstić information content (AvgIpc) is 2.87. The molecule has 1 N–H and O–H groups in total. The molecule has 2 aromatic rings. The highest BCUT2D eigenvalue weighted by Gasteiger charge is 2.35. The number of hydrogen-bond donors (Lipinski definition) is 2. The van der Waals surface area contributed by atoms with Crippen LogP contribution in [-0.2, 0) is 4.79 Å². The number of thiol groups is 1. The van der Waals surface area contributed by atoms with Crippen LogP contribution in [0.2, 0.25) is 20.1 Å². The number of carboxylic acid groups (broad SMARTS) is 1. The van der Waals surface area contributed by atoms with Crippen molar-refractivity contribution in [1.82, 2.24) is 0 Å². The number of carboxylic acids is 1. The van der Waals surface area contributed by atoms with Gasteiger partial charge in [-0.2, -0.15) is 0 Å². The molecule has 9 heteroatoms. The molecule has 0 atom stereocenters. The van der Waals surface area contributed by atoms with Crippen molar-refractivity contribution in [2.75, 3.05) is 0 Å². The van der Waals surface area contributed by atoms with Gasteiger partial charge in [0.25, 0.3) is 0 Å². The van der Waals surface area contributed by atoms with E-state index in [-0.39, 0.29) is 36.7 Å². The Morgan fingerprint density at radius 2 is 1.72 bits per heavy atom. The van der Waals surface area contributed by atoms with Crippen LogP contribution in [0, 0.1) is 0 Å². The van der Waals surface area contributed by atoms with E-state index in [0.717, 1.165) is 11.8 Å². The summed E-state index contributed by atoms with van der Waals surface area (Å²) < 4.78 is 0. The molecule has 0 radical (unpaired) electrons. The third-order valence-electron chi connectivity index (χ3n) is 3.42. The summed E-state index contributed by atoms with van der Waals surface area (Å²) in [6, 6.07) is 5.89. The average molecular weight is 452 g/mol. The highest BCUT2D eigenvalue weighted by atomic mass is 35.5. The molecular formula is C16H6Cl4O3S2. The van der Waals surface area contributed by atoms with E-state index < -0.39 is 11.8 Å². The largest absolute Gasteiger partial charge is 0.478 e. The van der Waals surface area contributed by atoms with Gasteiger partial charge in [-0.25, -0.2) is 4.79 Å². The first-order valence-electron chi connectivity index (χ1n) is 6.59. The molecule has 3 nitrogen and oxygen atoms in total. The first-order valence-corrected chi connectivity index (χ1v) is 9.36. The maximum Gasteiger partial charge on any atom is 0.337 e. The van der Waals surface area contributed by atoms with Crippen LogP contribution in [0.4, 0.5) is 0 Å². The van der Waals surface area contributed by atoms with E-state index in [0.29, 0.717) is 14.8 Å². The van der Waals surface area contributed by atoms with E-state index in [9.17, 15) is 14.7 Å². The van der Waals surface area contributed by atoms with Crippen LogP contribution >= 0.6 is 70.8 Å². The van der Waals surface area contributed by atoms with Crippen LogP contribution in [0.25, 0.3) is 5.57 Å². The molecule has 0 spiro atoms. The fourth-order valence-electron chi connectivity index (χ4n) is 2.36. The number of hydrogen-bond acceptors (Lipinski definition) is 4. The van der Waals surface area contributed by atoms with Crippen molar-refractivity contribution in [2.24, 2.45) is 0 Å². The molecule has 128 valence electrons. The number of thioether (sulfide) groups is 1. The van der Waals surface area contributed by atoms with Gasteiger partial charge in [0.1, 0.15) is 0 Å². The Labute approximate surface area is 172 Å². The number of rotatable bonds is 2. The Hall–Kier alpha value is -0.820. The fraction of sp³-hybridized carbons (Fsp3) is 0. The van der Waals surface area contributed by atoms with Gasteiger partial charge in [-0.3, -0.25) is 4.79 Å². The molecular weight excluding hydrogens is 446 g/mol. The minimum absolute atomic E-state index is 0.0330. The number of halogens is 4. The number of carbonyl (C=O) groups excluding carboxylic acids is 1. The lowest BCUT2D eigenvalue weighted by molar-refractivity contribution is -0.130. The maximum absolute atomic E-state index is 12.8. The number of benzene rings is 2. The molecule has 1 aliphatic heterocycles. The first-order chi connectivity index (χ1) is 11.7. The lowest BCUT2D eigenvalue weighted by Crippen LogP contribution is -2.07. The second-order valence-corrected chi connectivity index (χ2v) is 8.09. The smallest absolute Gasteiger partial charge is 0.337 e. The van der Waals surface area contributed by atoms with Gasteiger partial charge in [0.15, 0.2) is 0 Å². The second-order valence-electron chi connectivity index (χ2n) is 4.96. The van der Waals surface area contributed by atoms with Crippen molar-refractivity contribution in [3.63, 3.8) is 0 Å². The minimum atomic E-state index is -1.33. The summed E-state index contributed by atoms with van der Waals surface area (Å²) in [6.07, 6.45) is 0. The summed E-state index contributed by atoms with van der Waals surface area (Å²) in [4.78, 5) is 25.4. The van der Waals surface area contributed by atoms with Gasteiger partial charge >= 0.3 is 5.97 Å². The summed E-state index contributed by atoms with van der Waals surface area (Å²) in [5, 5.41) is 10.5. The third kappa shape index (κ3) is 3.29. The zero-order valence-electron chi connectivity index (χ0n) is 11.9. The SMILES string of the molecule is O=C(O)C(=C1Sc2c(Cl)ccc(Cl)c2C1=O)c1cc(Cl)cc(S)c1Cl. The van der Waals surface area contributed by atoms with E-state index in [1.54, 1.807) is 6.07 Å². The summed E-state index contributed by atoms with van der Waals surface area (Å²) in [5.41, 5.74) is 0.000801. The van der Waals surface area contributed by atoms with E-state index >= 15 is 0 Å². The monoisotopic (exact) mass is 450 g/mol. The minimum Gasteiger partial charge on any atom is -0.478 e. The molecule has 0 saturated heterocycles. The van der Waals surface area contributed by atoms with Gasteiger partial charge in [-0.15, -0.1) is 12.6 Å². The van der Waals surface area contributed by atoms with Crippen LogP contribution in [0.15, 0.2) is 39.0 Å². The fourth-order valence-corrected chi connectivity index (χ4v) is 4.86. The lowest BCUT2D eigenvalue weighted by Gasteiger charge is -2.10. The number of aliphatic carboxylic acids is 1. The molecule has 0 unspecified atom stereocenters. The summed E-state index contributed by atoms with van der Waals surface area (Å²) in [7, 11) is 0. The van der Waals surface area contributed by atoms with Gasteiger partial charge in [-0.05, 0) is 24.3 Å². The van der Waals surface area contributed by atoms with Crippen LogP contribution in [0.3, 0.4) is 0 Å². The summed E-state index contributed by atoms with van der Waals surface area (Å²) in [5.74, 6) is -1.85. The number of carbonyl (C=O) groups is 2. The van der Waals surface area contributed by atoms with Crippen LogP contribution in [0.1, 0.15) is 15.9 Å². The topological polar surface area (TPSA) is 54.4 Å². The number of ketones is 1.